The van der Waals surface area contributed by atoms with Gasteiger partial charge in [-0.15, -0.1) is 0 Å². The molecule has 0 aliphatic carbocycles. The van der Waals surface area contributed by atoms with Crippen LogP contribution in [0.5, 0.6) is 5.75 Å². The molecule has 0 radical (unpaired) electrons. The van der Waals surface area contributed by atoms with Crippen LogP contribution in [0.4, 0.5) is 5.69 Å². The maximum atomic E-state index is 9.44. The molecule has 0 atom stereocenters. The van der Waals surface area contributed by atoms with Crippen LogP contribution >= 0.6 is 0 Å². The summed E-state index contributed by atoms with van der Waals surface area (Å²) in [6.07, 6.45) is 0. The molecule has 0 saturated carbocycles. The van der Waals surface area contributed by atoms with Crippen LogP contribution in [-0.4, -0.2) is 15.1 Å². The Bertz CT molecular complexity index is 731. The van der Waals surface area contributed by atoms with Crippen LogP contribution in [0.1, 0.15) is 5.56 Å². The monoisotopic (exact) mass is 239 g/mol. The van der Waals surface area contributed by atoms with Gasteiger partial charge in [0.15, 0.2) is 0 Å². The minimum absolute atomic E-state index is 0.218. The molecule has 0 bridgehead atoms. The number of hydrogen-bond acceptors (Lipinski definition) is 3. The van der Waals surface area contributed by atoms with Crippen LogP contribution in [0, 0.1) is 6.92 Å². The molecule has 0 saturated heterocycles. The highest BCUT2D eigenvalue weighted by Crippen LogP contribution is 2.27. The Kier molecular flexibility index (Phi) is 2.23. The highest BCUT2D eigenvalue weighted by Gasteiger charge is 2.08. The lowest BCUT2D eigenvalue weighted by Gasteiger charge is -2.03. The predicted molar refractivity (Wildman–Crippen MR) is 72.3 cm³/mol. The molecule has 0 amide bonds. The number of anilines is 1. The van der Waals surface area contributed by atoms with Crippen LogP contribution in [0.2, 0.25) is 0 Å². The van der Waals surface area contributed by atoms with Gasteiger partial charge in [0.05, 0.1) is 11.0 Å². The third-order valence-corrected chi connectivity index (χ3v) is 2.93. The van der Waals surface area contributed by atoms with E-state index >= 15 is 0 Å². The number of rotatable bonds is 1. The number of phenols is 1. The van der Waals surface area contributed by atoms with E-state index in [-0.39, 0.29) is 5.75 Å². The summed E-state index contributed by atoms with van der Waals surface area (Å²) in [4.78, 5) is 7.65. The maximum absolute atomic E-state index is 9.44. The highest BCUT2D eigenvalue weighted by atomic mass is 16.3. The van der Waals surface area contributed by atoms with Crippen molar-refractivity contribution in [1.82, 2.24) is 9.97 Å². The van der Waals surface area contributed by atoms with Crippen molar-refractivity contribution in [1.29, 1.82) is 0 Å². The number of benzene rings is 2. The van der Waals surface area contributed by atoms with Crippen molar-refractivity contribution < 1.29 is 5.11 Å². The summed E-state index contributed by atoms with van der Waals surface area (Å²) in [5, 5.41) is 9.44. The van der Waals surface area contributed by atoms with Crippen molar-refractivity contribution in [3.8, 4) is 17.1 Å². The molecule has 4 N–H and O–H groups in total. The summed E-state index contributed by atoms with van der Waals surface area (Å²) in [5.74, 6) is 0.937. The molecule has 1 aromatic heterocycles. The minimum Gasteiger partial charge on any atom is -0.508 e. The molecular weight excluding hydrogens is 226 g/mol. The second kappa shape index (κ2) is 3.77. The number of nitrogen functional groups attached to an aromatic ring is 1. The zero-order valence-corrected chi connectivity index (χ0v) is 9.94. The molecule has 3 rings (SSSR count). The maximum Gasteiger partial charge on any atom is 0.140 e. The van der Waals surface area contributed by atoms with E-state index in [2.05, 4.69) is 9.97 Å². The molecule has 4 heteroatoms. The Morgan fingerprint density at radius 2 is 2.00 bits per heavy atom. The first-order valence-corrected chi connectivity index (χ1v) is 5.69. The predicted octanol–water partition coefficient (Wildman–Crippen LogP) is 2.83. The first kappa shape index (κ1) is 10.7. The second-order valence-corrected chi connectivity index (χ2v) is 4.38. The lowest BCUT2D eigenvalue weighted by molar-refractivity contribution is 0.476. The molecule has 4 nitrogen and oxygen atoms in total. The van der Waals surface area contributed by atoms with Gasteiger partial charge in [-0.2, -0.15) is 0 Å². The number of aryl methyl sites for hydroxylation is 1. The number of nitrogens with two attached hydrogens (primary N) is 1. The van der Waals surface area contributed by atoms with Gasteiger partial charge >= 0.3 is 0 Å². The van der Waals surface area contributed by atoms with Gasteiger partial charge in [-0.1, -0.05) is 11.6 Å². The van der Waals surface area contributed by atoms with Crippen molar-refractivity contribution in [2.45, 2.75) is 6.92 Å². The number of nitrogens with one attached hydrogen (secondary N) is 1. The van der Waals surface area contributed by atoms with E-state index < -0.39 is 0 Å². The van der Waals surface area contributed by atoms with Gasteiger partial charge in [-0.05, 0) is 31.2 Å². The van der Waals surface area contributed by atoms with Crippen molar-refractivity contribution in [2.75, 3.05) is 5.73 Å². The van der Waals surface area contributed by atoms with Crippen molar-refractivity contribution in [3.63, 3.8) is 0 Å². The fourth-order valence-corrected chi connectivity index (χ4v) is 2.00. The zero-order valence-electron chi connectivity index (χ0n) is 9.94. The second-order valence-electron chi connectivity index (χ2n) is 4.38. The van der Waals surface area contributed by atoms with Crippen molar-refractivity contribution >= 4 is 16.7 Å². The van der Waals surface area contributed by atoms with Gasteiger partial charge in [-0.3, -0.25) is 0 Å². The quantitative estimate of drug-likeness (QED) is 0.571. The number of aromatic hydroxyl groups is 1. The summed E-state index contributed by atoms with van der Waals surface area (Å²) < 4.78 is 0. The Hall–Kier alpha value is -2.49. The molecule has 0 aliphatic heterocycles. The van der Waals surface area contributed by atoms with Gasteiger partial charge < -0.3 is 15.8 Å². The Labute approximate surface area is 104 Å². The van der Waals surface area contributed by atoms with E-state index in [4.69, 9.17) is 5.73 Å². The van der Waals surface area contributed by atoms with E-state index in [1.54, 1.807) is 18.2 Å². The average Bonchev–Trinajstić information content (AvgIpc) is 2.74. The summed E-state index contributed by atoms with van der Waals surface area (Å²) in [7, 11) is 0. The van der Waals surface area contributed by atoms with Gasteiger partial charge in [0.25, 0.3) is 0 Å². The van der Waals surface area contributed by atoms with Gasteiger partial charge in [0, 0.05) is 17.3 Å². The summed E-state index contributed by atoms with van der Waals surface area (Å²) in [6, 6.07) is 10.9. The number of aromatic nitrogens is 2. The topological polar surface area (TPSA) is 74.9 Å². The fraction of sp³-hybridized carbons (Fsp3) is 0.0714. The van der Waals surface area contributed by atoms with E-state index in [0.717, 1.165) is 28.0 Å². The molecule has 2 aromatic carbocycles. The zero-order chi connectivity index (χ0) is 12.7. The Morgan fingerprint density at radius 1 is 1.17 bits per heavy atom. The number of fused-ring (bicyclic) bond motifs is 1. The minimum atomic E-state index is 0.218. The average molecular weight is 239 g/mol. The lowest BCUT2D eigenvalue weighted by Crippen LogP contribution is -1.91. The van der Waals surface area contributed by atoms with E-state index in [0.29, 0.717) is 5.69 Å². The third kappa shape index (κ3) is 1.68. The summed E-state index contributed by atoms with van der Waals surface area (Å²) in [6.45, 7) is 2.01. The Balaban J connectivity index is 2.22. The molecule has 1 heterocycles. The molecule has 90 valence electrons. The Morgan fingerprint density at radius 3 is 2.83 bits per heavy atom. The van der Waals surface area contributed by atoms with E-state index in [1.807, 2.05) is 25.1 Å². The number of aromatic amines is 1. The van der Waals surface area contributed by atoms with Crippen molar-refractivity contribution in [2.24, 2.45) is 0 Å². The number of nitrogens with zero attached hydrogens (tertiary/aromatic N) is 1. The largest absolute Gasteiger partial charge is 0.508 e. The van der Waals surface area contributed by atoms with Crippen LogP contribution in [0.3, 0.4) is 0 Å². The van der Waals surface area contributed by atoms with Crippen LogP contribution in [0.25, 0.3) is 22.4 Å². The normalized spacial score (nSPS) is 10.9. The van der Waals surface area contributed by atoms with E-state index in [9.17, 15) is 5.11 Å². The lowest BCUT2D eigenvalue weighted by atomic mass is 10.1. The van der Waals surface area contributed by atoms with Crippen LogP contribution in [0.15, 0.2) is 36.4 Å². The third-order valence-electron chi connectivity index (χ3n) is 2.93. The standard InChI is InChI=1S/C14H13N3O/c1-8-2-4-11(15)10(6-8)14-16-12-5-3-9(18)7-13(12)17-14/h2-7,18H,15H2,1H3,(H,16,17). The van der Waals surface area contributed by atoms with Gasteiger partial charge in [-0.25, -0.2) is 4.98 Å². The van der Waals surface area contributed by atoms with E-state index in [1.165, 1.54) is 0 Å². The molecule has 0 aliphatic rings. The fourth-order valence-electron chi connectivity index (χ4n) is 2.00. The molecule has 3 aromatic rings. The molecule has 18 heavy (non-hydrogen) atoms. The molecule has 0 fully saturated rings. The number of phenolic OH excluding ortho intramolecular Hbond substituents is 1. The van der Waals surface area contributed by atoms with Gasteiger partial charge in [0.1, 0.15) is 11.6 Å². The number of imidazole rings is 1. The van der Waals surface area contributed by atoms with Crippen molar-refractivity contribution in [3.05, 3.63) is 42.0 Å². The first-order chi connectivity index (χ1) is 8.63. The van der Waals surface area contributed by atoms with Crippen LogP contribution < -0.4 is 5.73 Å². The number of H-pyrrole nitrogens is 1. The van der Waals surface area contributed by atoms with Crippen LogP contribution in [-0.2, 0) is 0 Å². The first-order valence-electron chi connectivity index (χ1n) is 5.69. The molecule has 0 spiro atoms. The molecule has 0 unspecified atom stereocenters. The summed E-state index contributed by atoms with van der Waals surface area (Å²) in [5.41, 5.74) is 10.3. The molecular formula is C14H13N3O. The SMILES string of the molecule is Cc1ccc(N)c(-c2nc3ccc(O)cc3[nH]2)c1. The van der Waals surface area contributed by atoms with Gasteiger partial charge in [0.2, 0.25) is 0 Å². The number of hydrogen-bond donors (Lipinski definition) is 3. The smallest absolute Gasteiger partial charge is 0.140 e. The highest BCUT2D eigenvalue weighted by molar-refractivity contribution is 5.83. The summed E-state index contributed by atoms with van der Waals surface area (Å²) >= 11 is 0.